The quantitative estimate of drug-likeness (QED) is 0.464. The molecule has 0 atom stereocenters. The van der Waals surface area contributed by atoms with E-state index in [0.29, 0.717) is 0 Å². The minimum atomic E-state index is -1.93. The van der Waals surface area contributed by atoms with E-state index < -0.39 is 6.69 Å². The maximum absolute atomic E-state index is 5.92. The Balaban J connectivity index is 3.70. The molecule has 0 aromatic heterocycles. The molecule has 0 bridgehead atoms. The van der Waals surface area contributed by atoms with Gasteiger partial charge in [0, 0.05) is 0 Å². The van der Waals surface area contributed by atoms with E-state index >= 15 is 0 Å². The highest BCUT2D eigenvalue weighted by Gasteiger charge is 2.20. The van der Waals surface area contributed by atoms with Crippen LogP contribution in [0, 0.1) is 0 Å². The first-order valence-electron chi connectivity index (χ1n) is 3.18. The Bertz CT molecular complexity index is 99.2. The van der Waals surface area contributed by atoms with Crippen LogP contribution in [0.5, 0.6) is 0 Å². The van der Waals surface area contributed by atoms with Gasteiger partial charge in [-0.3, -0.25) is 0 Å². The molecule has 0 heterocycles. The van der Waals surface area contributed by atoms with Gasteiger partial charge in [-0.05, 0) is 12.5 Å². The van der Waals surface area contributed by atoms with Gasteiger partial charge < -0.3 is 0 Å². The third-order valence-electron chi connectivity index (χ3n) is 1.07. The molecule has 54 valence electrons. The van der Waals surface area contributed by atoms with E-state index in [1.807, 2.05) is 18.7 Å². The zero-order valence-corrected chi connectivity index (χ0v) is 8.34. The van der Waals surface area contributed by atoms with Gasteiger partial charge in [0.05, 0.1) is 0 Å². The molecule has 0 saturated heterocycles. The third kappa shape index (κ3) is 5.01. The molecular formula is C6H12Cl2Si. The predicted octanol–water partition coefficient (Wildman–Crippen LogP) is 3.43. The van der Waals surface area contributed by atoms with Crippen molar-refractivity contribution in [2.24, 2.45) is 0 Å². The van der Waals surface area contributed by atoms with Crippen molar-refractivity contribution in [3.63, 3.8) is 0 Å². The van der Waals surface area contributed by atoms with Crippen molar-refractivity contribution < 1.29 is 0 Å². The Morgan fingerprint density at radius 3 is 2.22 bits per heavy atom. The number of hydrogen-bond acceptors (Lipinski definition) is 0. The average Bonchev–Trinajstić information content (AvgIpc) is 1.84. The lowest BCUT2D eigenvalue weighted by molar-refractivity contribution is 1.23. The first-order valence-corrected chi connectivity index (χ1v) is 7.48. The van der Waals surface area contributed by atoms with Crippen LogP contribution in [0.4, 0.5) is 0 Å². The van der Waals surface area contributed by atoms with E-state index in [1.165, 1.54) is 0 Å². The van der Waals surface area contributed by atoms with Gasteiger partial charge >= 0.3 is 0 Å². The molecule has 0 aliphatic carbocycles. The van der Waals surface area contributed by atoms with Crippen LogP contribution >= 0.6 is 22.2 Å². The van der Waals surface area contributed by atoms with E-state index in [0.717, 1.165) is 12.5 Å². The van der Waals surface area contributed by atoms with Crippen LogP contribution in [-0.2, 0) is 0 Å². The van der Waals surface area contributed by atoms with Gasteiger partial charge in [-0.2, -0.15) is 0 Å². The van der Waals surface area contributed by atoms with E-state index in [1.54, 1.807) is 0 Å². The van der Waals surface area contributed by atoms with Gasteiger partial charge in [-0.15, -0.1) is 22.2 Å². The molecule has 3 heteroatoms. The summed E-state index contributed by atoms with van der Waals surface area (Å²) in [6, 6.07) is 0.895. The van der Waals surface area contributed by atoms with Crippen LogP contribution in [0.2, 0.25) is 6.04 Å². The van der Waals surface area contributed by atoms with Gasteiger partial charge in [0.2, 0.25) is 0 Å². The Morgan fingerprint density at radius 1 is 1.33 bits per heavy atom. The lowest BCUT2D eigenvalue weighted by Gasteiger charge is -2.05. The zero-order valence-electron chi connectivity index (χ0n) is 5.82. The highest BCUT2D eigenvalue weighted by atomic mass is 35.7. The number of halogens is 2. The standard InChI is InChI=1S/C6H12Cl2Si/c1-3-5-6-9(7,8)4-2/h5-6H,3-4H2,1-2H3. The van der Waals surface area contributed by atoms with Crippen molar-refractivity contribution in [2.45, 2.75) is 26.3 Å². The van der Waals surface area contributed by atoms with Crippen molar-refractivity contribution in [1.29, 1.82) is 0 Å². The number of allylic oxidation sites excluding steroid dienone is 1. The van der Waals surface area contributed by atoms with E-state index in [2.05, 4.69) is 6.92 Å². The van der Waals surface area contributed by atoms with Crippen molar-refractivity contribution >= 4 is 28.9 Å². The molecular weight excluding hydrogens is 171 g/mol. The minimum absolute atomic E-state index is 0.895. The summed E-state index contributed by atoms with van der Waals surface area (Å²) in [6.45, 7) is 2.16. The van der Waals surface area contributed by atoms with Crippen LogP contribution in [0.1, 0.15) is 20.3 Å². The molecule has 0 aliphatic rings. The summed E-state index contributed by atoms with van der Waals surface area (Å²) >= 11 is 11.8. The van der Waals surface area contributed by atoms with E-state index in [-0.39, 0.29) is 0 Å². The van der Waals surface area contributed by atoms with Crippen LogP contribution in [0.3, 0.4) is 0 Å². The van der Waals surface area contributed by atoms with Gasteiger partial charge in [-0.1, -0.05) is 25.6 Å². The Hall–Kier alpha value is 0.537. The topological polar surface area (TPSA) is 0 Å². The second-order valence-corrected chi connectivity index (χ2v) is 9.11. The fourth-order valence-corrected chi connectivity index (χ4v) is 1.76. The van der Waals surface area contributed by atoms with Gasteiger partial charge in [0.1, 0.15) is 0 Å². The minimum Gasteiger partial charge on any atom is -0.140 e. The molecule has 0 unspecified atom stereocenters. The molecule has 0 aromatic carbocycles. The van der Waals surface area contributed by atoms with Crippen LogP contribution in [0.15, 0.2) is 11.8 Å². The predicted molar refractivity (Wildman–Crippen MR) is 47.4 cm³/mol. The third-order valence-corrected chi connectivity index (χ3v) is 5.09. The first kappa shape index (κ1) is 9.54. The van der Waals surface area contributed by atoms with Crippen molar-refractivity contribution in [3.8, 4) is 0 Å². The van der Waals surface area contributed by atoms with E-state index in [4.69, 9.17) is 22.2 Å². The molecule has 0 saturated carbocycles. The normalized spacial score (nSPS) is 12.9. The maximum Gasteiger partial charge on any atom is 0.273 e. The van der Waals surface area contributed by atoms with Crippen molar-refractivity contribution in [1.82, 2.24) is 0 Å². The molecule has 0 amide bonds. The van der Waals surface area contributed by atoms with Gasteiger partial charge in [0.25, 0.3) is 6.69 Å². The molecule has 0 aromatic rings. The number of hydrogen-bond donors (Lipinski definition) is 0. The van der Waals surface area contributed by atoms with E-state index in [9.17, 15) is 0 Å². The fourth-order valence-electron chi connectivity index (χ4n) is 0.408. The Morgan fingerprint density at radius 2 is 1.89 bits per heavy atom. The smallest absolute Gasteiger partial charge is 0.140 e. The second kappa shape index (κ2) is 4.37. The van der Waals surface area contributed by atoms with Crippen LogP contribution < -0.4 is 0 Å². The molecule has 0 N–H and O–H groups in total. The highest BCUT2D eigenvalue weighted by Crippen LogP contribution is 2.20. The Labute approximate surface area is 67.3 Å². The monoisotopic (exact) mass is 182 g/mol. The zero-order chi connectivity index (χ0) is 7.33. The molecule has 0 rings (SSSR count). The van der Waals surface area contributed by atoms with Gasteiger partial charge in [0.15, 0.2) is 0 Å². The second-order valence-electron chi connectivity index (χ2n) is 1.93. The fraction of sp³-hybridized carbons (Fsp3) is 0.667. The average molecular weight is 183 g/mol. The van der Waals surface area contributed by atoms with Gasteiger partial charge in [-0.25, -0.2) is 0 Å². The molecule has 0 aliphatic heterocycles. The van der Waals surface area contributed by atoms with Crippen molar-refractivity contribution in [3.05, 3.63) is 11.8 Å². The summed E-state index contributed by atoms with van der Waals surface area (Å²) in [6.07, 6.45) is 3.06. The van der Waals surface area contributed by atoms with Crippen molar-refractivity contribution in [2.75, 3.05) is 0 Å². The van der Waals surface area contributed by atoms with Crippen LogP contribution in [0.25, 0.3) is 0 Å². The summed E-state index contributed by atoms with van der Waals surface area (Å²) in [5.74, 6) is 0. The molecule has 0 nitrogen and oxygen atoms in total. The lowest BCUT2D eigenvalue weighted by Crippen LogP contribution is -2.12. The molecule has 0 spiro atoms. The first-order chi connectivity index (χ1) is 4.12. The summed E-state index contributed by atoms with van der Waals surface area (Å²) in [4.78, 5) is 0. The summed E-state index contributed by atoms with van der Waals surface area (Å²) < 4.78 is 0. The summed E-state index contributed by atoms with van der Waals surface area (Å²) in [5, 5.41) is 0. The molecule has 0 fully saturated rings. The molecule has 9 heavy (non-hydrogen) atoms. The largest absolute Gasteiger partial charge is 0.273 e. The SMILES string of the molecule is CCC=C[Si](Cl)(Cl)CC. The lowest BCUT2D eigenvalue weighted by atomic mass is 10.5. The highest BCUT2D eigenvalue weighted by molar-refractivity contribution is 7.47. The van der Waals surface area contributed by atoms with Crippen LogP contribution in [-0.4, -0.2) is 6.69 Å². The Kier molecular flexibility index (Phi) is 4.63. The maximum atomic E-state index is 5.92. The summed E-state index contributed by atoms with van der Waals surface area (Å²) in [7, 11) is 0. The number of rotatable bonds is 3. The molecule has 0 radical (unpaired) electrons. The summed E-state index contributed by atoms with van der Waals surface area (Å²) in [5.41, 5.74) is 1.97.